The molecule has 0 saturated carbocycles. The van der Waals surface area contributed by atoms with E-state index < -0.39 is 0 Å². The Morgan fingerprint density at radius 1 is 1.55 bits per heavy atom. The maximum absolute atomic E-state index is 12.1. The Kier molecular flexibility index (Phi) is 6.31. The van der Waals surface area contributed by atoms with E-state index >= 15 is 0 Å². The summed E-state index contributed by atoms with van der Waals surface area (Å²) in [5.74, 6) is 0.0838. The fourth-order valence-electron chi connectivity index (χ4n) is 2.65. The van der Waals surface area contributed by atoms with Gasteiger partial charge in [0, 0.05) is 31.1 Å². The summed E-state index contributed by atoms with van der Waals surface area (Å²) in [5, 5.41) is 3.96. The summed E-state index contributed by atoms with van der Waals surface area (Å²) in [4.78, 5) is 22.1. The molecule has 1 aromatic rings. The van der Waals surface area contributed by atoms with Crippen LogP contribution in [0.4, 0.5) is 0 Å². The predicted molar refractivity (Wildman–Crippen MR) is 87.9 cm³/mol. The normalized spacial score (nSPS) is 19.0. The summed E-state index contributed by atoms with van der Waals surface area (Å²) in [6.07, 6.45) is 1.13. The van der Waals surface area contributed by atoms with Crippen LogP contribution in [-0.4, -0.2) is 67.6 Å². The van der Waals surface area contributed by atoms with E-state index in [-0.39, 0.29) is 5.91 Å². The lowest BCUT2D eigenvalue weighted by atomic mass is 10.2. The van der Waals surface area contributed by atoms with Crippen molar-refractivity contribution in [3.05, 3.63) is 15.6 Å². The first-order valence-electron chi connectivity index (χ1n) is 7.59. The first-order chi connectivity index (χ1) is 10.5. The number of thiazole rings is 1. The van der Waals surface area contributed by atoms with Gasteiger partial charge in [-0.3, -0.25) is 9.69 Å². The zero-order valence-corrected chi connectivity index (χ0v) is 14.7. The van der Waals surface area contributed by atoms with E-state index in [2.05, 4.69) is 34.2 Å². The Morgan fingerprint density at radius 2 is 2.32 bits per heavy atom. The molecule has 7 heteroatoms. The minimum atomic E-state index is 0.0838. The molecule has 1 fully saturated rings. The zero-order valence-electron chi connectivity index (χ0n) is 13.9. The molecule has 2 heterocycles. The van der Waals surface area contributed by atoms with Crippen LogP contribution in [0.5, 0.6) is 0 Å². The first kappa shape index (κ1) is 17.3. The number of ether oxygens (including phenoxy) is 1. The van der Waals surface area contributed by atoms with Crippen LogP contribution < -0.4 is 5.32 Å². The molecule has 0 bridgehead atoms. The Labute approximate surface area is 136 Å². The maximum atomic E-state index is 12.1. The summed E-state index contributed by atoms with van der Waals surface area (Å²) in [7, 11) is 5.85. The largest absolute Gasteiger partial charge is 0.378 e. The third-order valence-corrected chi connectivity index (χ3v) is 5.13. The first-order valence-corrected chi connectivity index (χ1v) is 8.41. The van der Waals surface area contributed by atoms with Gasteiger partial charge in [0.1, 0.15) is 5.01 Å². The zero-order chi connectivity index (χ0) is 16.1. The molecule has 0 radical (unpaired) electrons. The third-order valence-electron chi connectivity index (χ3n) is 4.00. The second-order valence-electron chi connectivity index (χ2n) is 5.97. The van der Waals surface area contributed by atoms with Crippen LogP contribution in [0, 0.1) is 6.92 Å². The van der Waals surface area contributed by atoms with Crippen molar-refractivity contribution in [2.45, 2.75) is 32.5 Å². The highest BCUT2D eigenvalue weighted by Crippen LogP contribution is 2.18. The highest BCUT2D eigenvalue weighted by Gasteiger charge is 2.25. The van der Waals surface area contributed by atoms with E-state index in [1.54, 1.807) is 18.4 Å². The molecule has 124 valence electrons. The molecule has 0 unspecified atom stereocenters. The van der Waals surface area contributed by atoms with Gasteiger partial charge in [-0.05, 0) is 27.4 Å². The average Bonchev–Trinajstić information content (AvgIpc) is 3.04. The van der Waals surface area contributed by atoms with Gasteiger partial charge in [0.15, 0.2) is 0 Å². The number of likely N-dealkylation sites (N-methyl/N-ethyl adjacent to an activating group) is 1. The highest BCUT2D eigenvalue weighted by atomic mass is 32.1. The number of hydrogen-bond donors (Lipinski definition) is 1. The SMILES string of the molecule is COCc1nc(C)c(CNC(=O)CN2CC[C@@H](N(C)C)C2)s1. The van der Waals surface area contributed by atoms with Crippen LogP contribution in [-0.2, 0) is 22.7 Å². The molecule has 0 spiro atoms. The minimum absolute atomic E-state index is 0.0838. The lowest BCUT2D eigenvalue weighted by molar-refractivity contribution is -0.122. The summed E-state index contributed by atoms with van der Waals surface area (Å²) >= 11 is 1.60. The molecule has 1 aromatic heterocycles. The number of carbonyl (C=O) groups excluding carboxylic acids is 1. The summed E-state index contributed by atoms with van der Waals surface area (Å²) < 4.78 is 5.09. The lowest BCUT2D eigenvalue weighted by Crippen LogP contribution is -2.38. The summed E-state index contributed by atoms with van der Waals surface area (Å²) in [6.45, 7) is 5.49. The van der Waals surface area contributed by atoms with E-state index in [1.165, 1.54) is 0 Å². The predicted octanol–water partition coefficient (Wildman–Crippen LogP) is 0.850. The van der Waals surface area contributed by atoms with Gasteiger partial charge >= 0.3 is 0 Å². The van der Waals surface area contributed by atoms with Crippen molar-refractivity contribution in [3.8, 4) is 0 Å². The van der Waals surface area contributed by atoms with Gasteiger partial charge in [-0.25, -0.2) is 4.98 Å². The summed E-state index contributed by atoms with van der Waals surface area (Å²) in [5.41, 5.74) is 0.978. The number of nitrogens with one attached hydrogen (secondary N) is 1. The van der Waals surface area contributed by atoms with Crippen molar-refractivity contribution in [2.24, 2.45) is 0 Å². The van der Waals surface area contributed by atoms with Crippen LogP contribution in [0.25, 0.3) is 0 Å². The van der Waals surface area contributed by atoms with Gasteiger partial charge in [-0.15, -0.1) is 11.3 Å². The van der Waals surface area contributed by atoms with Gasteiger partial charge in [0.2, 0.25) is 5.91 Å². The molecule has 1 saturated heterocycles. The molecule has 1 amide bonds. The van der Waals surface area contributed by atoms with Gasteiger partial charge in [-0.1, -0.05) is 0 Å². The van der Waals surface area contributed by atoms with Gasteiger partial charge in [0.25, 0.3) is 0 Å². The second kappa shape index (κ2) is 8.01. The molecule has 1 aliphatic heterocycles. The number of rotatable bonds is 7. The Morgan fingerprint density at radius 3 is 2.95 bits per heavy atom. The minimum Gasteiger partial charge on any atom is -0.378 e. The topological polar surface area (TPSA) is 57.7 Å². The van der Waals surface area contributed by atoms with Crippen LogP contribution in [0.1, 0.15) is 22.0 Å². The second-order valence-corrected chi connectivity index (χ2v) is 7.14. The van der Waals surface area contributed by atoms with Crippen LogP contribution in [0.3, 0.4) is 0 Å². The number of methoxy groups -OCH3 is 1. The van der Waals surface area contributed by atoms with Crippen molar-refractivity contribution in [2.75, 3.05) is 40.8 Å². The third kappa shape index (κ3) is 4.74. The number of aromatic nitrogens is 1. The Bertz CT molecular complexity index is 504. The van der Waals surface area contributed by atoms with Crippen LogP contribution in [0.2, 0.25) is 0 Å². The molecule has 2 rings (SSSR count). The standard InChI is InChI=1S/C15H26N4O2S/c1-11-13(22-15(17-11)10-21-4)7-16-14(20)9-19-6-5-12(8-19)18(2)3/h12H,5-10H2,1-4H3,(H,16,20)/t12-/m1/s1. The van der Waals surface area contributed by atoms with Gasteiger partial charge in [0.05, 0.1) is 25.4 Å². The molecular formula is C15H26N4O2S. The van der Waals surface area contributed by atoms with Gasteiger partial charge < -0.3 is 15.0 Å². The Balaban J connectivity index is 1.76. The molecule has 1 aliphatic rings. The quantitative estimate of drug-likeness (QED) is 0.805. The molecule has 1 atom stereocenters. The van der Waals surface area contributed by atoms with Crippen LogP contribution >= 0.6 is 11.3 Å². The van der Waals surface area contributed by atoms with Gasteiger partial charge in [-0.2, -0.15) is 0 Å². The van der Waals surface area contributed by atoms with Crippen molar-refractivity contribution in [1.82, 2.24) is 20.1 Å². The number of carbonyl (C=O) groups is 1. The fraction of sp³-hybridized carbons (Fsp3) is 0.733. The lowest BCUT2D eigenvalue weighted by Gasteiger charge is -2.20. The van der Waals surface area contributed by atoms with E-state index in [4.69, 9.17) is 4.74 Å². The van der Waals surface area contributed by atoms with Crippen molar-refractivity contribution in [1.29, 1.82) is 0 Å². The number of hydrogen-bond acceptors (Lipinski definition) is 6. The highest BCUT2D eigenvalue weighted by molar-refractivity contribution is 7.11. The van der Waals surface area contributed by atoms with Crippen molar-refractivity contribution in [3.63, 3.8) is 0 Å². The number of likely N-dealkylation sites (tertiary alicyclic amines) is 1. The fourth-order valence-corrected chi connectivity index (χ4v) is 3.63. The molecule has 0 aliphatic carbocycles. The van der Waals surface area contributed by atoms with Crippen molar-refractivity contribution < 1.29 is 9.53 Å². The molecule has 0 aromatic carbocycles. The van der Waals surface area contributed by atoms with E-state index in [0.29, 0.717) is 25.7 Å². The molecule has 22 heavy (non-hydrogen) atoms. The van der Waals surface area contributed by atoms with E-state index in [1.807, 2.05) is 6.92 Å². The van der Waals surface area contributed by atoms with Crippen molar-refractivity contribution >= 4 is 17.2 Å². The average molecular weight is 326 g/mol. The maximum Gasteiger partial charge on any atom is 0.234 e. The Hall–Kier alpha value is -1.02. The summed E-state index contributed by atoms with van der Waals surface area (Å²) in [6, 6.07) is 0.563. The smallest absolute Gasteiger partial charge is 0.234 e. The number of nitrogens with zero attached hydrogens (tertiary/aromatic N) is 3. The molecule has 6 nitrogen and oxygen atoms in total. The monoisotopic (exact) mass is 326 g/mol. The van der Waals surface area contributed by atoms with E-state index in [9.17, 15) is 4.79 Å². The number of aryl methyl sites for hydroxylation is 1. The number of amides is 1. The van der Waals surface area contributed by atoms with E-state index in [0.717, 1.165) is 35.1 Å². The molecular weight excluding hydrogens is 300 g/mol. The molecule has 1 N–H and O–H groups in total. The van der Waals surface area contributed by atoms with Crippen LogP contribution in [0.15, 0.2) is 0 Å².